The number of nitrogens with zero attached hydrogens (tertiary/aromatic N) is 5. The van der Waals surface area contributed by atoms with E-state index in [2.05, 4.69) is 30.2 Å². The Bertz CT molecular complexity index is 792. The summed E-state index contributed by atoms with van der Waals surface area (Å²) in [6.45, 7) is 2.26. The van der Waals surface area contributed by atoms with Crippen molar-refractivity contribution in [1.29, 1.82) is 0 Å². The SMILES string of the molecule is Cc1nonc1C(=O)NCc1cn2ccc(CN)nc2n1. The second kappa shape index (κ2) is 5.29. The first-order valence-corrected chi connectivity index (χ1v) is 6.28. The van der Waals surface area contributed by atoms with Gasteiger partial charge in [-0.2, -0.15) is 0 Å². The normalized spacial score (nSPS) is 11.0. The zero-order chi connectivity index (χ0) is 14.8. The van der Waals surface area contributed by atoms with E-state index in [1.165, 1.54) is 0 Å². The molecule has 3 heterocycles. The summed E-state index contributed by atoms with van der Waals surface area (Å²) in [6, 6.07) is 1.82. The molecule has 0 saturated carbocycles. The number of rotatable bonds is 4. The maximum Gasteiger partial charge on any atom is 0.275 e. The third-order valence-corrected chi connectivity index (χ3v) is 2.94. The van der Waals surface area contributed by atoms with Crippen LogP contribution in [0.2, 0.25) is 0 Å². The van der Waals surface area contributed by atoms with E-state index in [-0.39, 0.29) is 18.1 Å². The molecule has 0 saturated heterocycles. The van der Waals surface area contributed by atoms with Crippen molar-refractivity contribution >= 4 is 11.7 Å². The average Bonchev–Trinajstić information content (AvgIpc) is 3.09. The molecule has 9 nitrogen and oxygen atoms in total. The van der Waals surface area contributed by atoms with Gasteiger partial charge >= 0.3 is 0 Å². The Hall–Kier alpha value is -2.81. The summed E-state index contributed by atoms with van der Waals surface area (Å²) in [5.74, 6) is 0.183. The van der Waals surface area contributed by atoms with E-state index in [9.17, 15) is 4.79 Å². The lowest BCUT2D eigenvalue weighted by Gasteiger charge is -1.99. The number of carbonyl (C=O) groups excluding carboxylic acids is 1. The van der Waals surface area contributed by atoms with Crippen LogP contribution in [0.4, 0.5) is 0 Å². The number of hydrogen-bond donors (Lipinski definition) is 2. The topological polar surface area (TPSA) is 124 Å². The first kappa shape index (κ1) is 13.2. The number of hydrogen-bond acceptors (Lipinski definition) is 7. The Morgan fingerprint density at radius 2 is 2.19 bits per heavy atom. The fourth-order valence-corrected chi connectivity index (χ4v) is 1.85. The van der Waals surface area contributed by atoms with Gasteiger partial charge in [-0.3, -0.25) is 9.20 Å². The molecule has 9 heteroatoms. The van der Waals surface area contributed by atoms with Crippen molar-refractivity contribution in [2.24, 2.45) is 5.73 Å². The summed E-state index contributed by atoms with van der Waals surface area (Å²) in [6.07, 6.45) is 3.62. The molecule has 108 valence electrons. The van der Waals surface area contributed by atoms with Crippen LogP contribution in [0.5, 0.6) is 0 Å². The molecule has 3 N–H and O–H groups in total. The highest BCUT2D eigenvalue weighted by atomic mass is 16.6. The van der Waals surface area contributed by atoms with Crippen molar-refractivity contribution in [2.45, 2.75) is 20.0 Å². The zero-order valence-electron chi connectivity index (χ0n) is 11.3. The summed E-state index contributed by atoms with van der Waals surface area (Å²) in [7, 11) is 0. The average molecular weight is 287 g/mol. The van der Waals surface area contributed by atoms with E-state index < -0.39 is 0 Å². The molecule has 21 heavy (non-hydrogen) atoms. The highest BCUT2D eigenvalue weighted by molar-refractivity contribution is 5.92. The number of amides is 1. The minimum absolute atomic E-state index is 0.169. The number of imidazole rings is 1. The smallest absolute Gasteiger partial charge is 0.275 e. The van der Waals surface area contributed by atoms with Crippen LogP contribution in [-0.4, -0.2) is 30.6 Å². The lowest BCUT2D eigenvalue weighted by Crippen LogP contribution is -2.24. The van der Waals surface area contributed by atoms with Gasteiger partial charge in [-0.05, 0) is 18.1 Å². The van der Waals surface area contributed by atoms with E-state index in [1.807, 2.05) is 12.3 Å². The van der Waals surface area contributed by atoms with Crippen molar-refractivity contribution in [3.05, 3.63) is 41.2 Å². The number of nitrogens with one attached hydrogen (secondary N) is 1. The van der Waals surface area contributed by atoms with Crippen LogP contribution in [0.3, 0.4) is 0 Å². The molecule has 0 aliphatic heterocycles. The fraction of sp³-hybridized carbons (Fsp3) is 0.250. The molecule has 0 radical (unpaired) electrons. The molecule has 3 rings (SSSR count). The van der Waals surface area contributed by atoms with Crippen molar-refractivity contribution in [1.82, 2.24) is 30.0 Å². The van der Waals surface area contributed by atoms with Gasteiger partial charge in [0.25, 0.3) is 5.91 Å². The van der Waals surface area contributed by atoms with E-state index in [0.29, 0.717) is 23.7 Å². The molecular formula is C12H13N7O2. The summed E-state index contributed by atoms with van der Waals surface area (Å²) in [4.78, 5) is 20.5. The van der Waals surface area contributed by atoms with E-state index >= 15 is 0 Å². The van der Waals surface area contributed by atoms with Crippen molar-refractivity contribution in [3.8, 4) is 0 Å². The predicted octanol–water partition coefficient (Wildman–Crippen LogP) is -0.191. The van der Waals surface area contributed by atoms with Crippen LogP contribution in [0, 0.1) is 6.92 Å². The van der Waals surface area contributed by atoms with Gasteiger partial charge in [0.1, 0.15) is 5.69 Å². The Kier molecular flexibility index (Phi) is 3.32. The summed E-state index contributed by atoms with van der Waals surface area (Å²) >= 11 is 0. The Labute approximate surface area is 119 Å². The Morgan fingerprint density at radius 3 is 2.90 bits per heavy atom. The summed E-state index contributed by atoms with van der Waals surface area (Å²) in [5, 5.41) is 9.80. The minimum Gasteiger partial charge on any atom is -0.345 e. The monoisotopic (exact) mass is 287 g/mol. The fourth-order valence-electron chi connectivity index (χ4n) is 1.85. The third-order valence-electron chi connectivity index (χ3n) is 2.94. The van der Waals surface area contributed by atoms with Gasteiger partial charge in [0.15, 0.2) is 5.69 Å². The van der Waals surface area contributed by atoms with Gasteiger partial charge in [-0.15, -0.1) is 0 Å². The number of aromatic nitrogens is 5. The van der Waals surface area contributed by atoms with E-state index in [4.69, 9.17) is 5.73 Å². The Balaban J connectivity index is 1.73. The summed E-state index contributed by atoms with van der Waals surface area (Å²) in [5.41, 5.74) is 7.58. The van der Waals surface area contributed by atoms with Gasteiger partial charge in [0.2, 0.25) is 5.78 Å². The van der Waals surface area contributed by atoms with E-state index in [0.717, 1.165) is 5.69 Å². The van der Waals surface area contributed by atoms with Crippen LogP contribution in [0.25, 0.3) is 5.78 Å². The van der Waals surface area contributed by atoms with Gasteiger partial charge in [0.05, 0.1) is 17.9 Å². The number of carbonyl (C=O) groups is 1. The molecule has 1 amide bonds. The molecule has 0 unspecified atom stereocenters. The highest BCUT2D eigenvalue weighted by Crippen LogP contribution is 2.05. The predicted molar refractivity (Wildman–Crippen MR) is 71.1 cm³/mol. The minimum atomic E-state index is -0.360. The highest BCUT2D eigenvalue weighted by Gasteiger charge is 2.15. The lowest BCUT2D eigenvalue weighted by atomic mass is 10.3. The molecule has 0 spiro atoms. The second-order valence-electron chi connectivity index (χ2n) is 4.44. The first-order chi connectivity index (χ1) is 10.2. The van der Waals surface area contributed by atoms with Crippen LogP contribution < -0.4 is 11.1 Å². The van der Waals surface area contributed by atoms with Crippen molar-refractivity contribution in [3.63, 3.8) is 0 Å². The van der Waals surface area contributed by atoms with Gasteiger partial charge in [-0.1, -0.05) is 5.16 Å². The zero-order valence-corrected chi connectivity index (χ0v) is 11.3. The largest absolute Gasteiger partial charge is 0.345 e. The van der Waals surface area contributed by atoms with Crippen molar-refractivity contribution in [2.75, 3.05) is 0 Å². The second-order valence-corrected chi connectivity index (χ2v) is 4.44. The van der Waals surface area contributed by atoms with Crippen LogP contribution in [-0.2, 0) is 13.1 Å². The number of aryl methyl sites for hydroxylation is 1. The maximum absolute atomic E-state index is 11.9. The van der Waals surface area contributed by atoms with Crippen LogP contribution in [0.15, 0.2) is 23.1 Å². The molecule has 0 fully saturated rings. The van der Waals surface area contributed by atoms with E-state index in [1.54, 1.807) is 17.5 Å². The molecule has 0 bridgehead atoms. The quantitative estimate of drug-likeness (QED) is 0.681. The lowest BCUT2D eigenvalue weighted by molar-refractivity contribution is 0.0940. The standard InChI is InChI=1S/C12H13N7O2/c1-7-10(18-21-17-7)11(20)14-5-9-6-19-3-2-8(4-13)15-12(19)16-9/h2-3,6H,4-5,13H2,1H3,(H,14,20). The third kappa shape index (κ3) is 2.58. The Morgan fingerprint density at radius 1 is 1.38 bits per heavy atom. The van der Waals surface area contributed by atoms with Crippen molar-refractivity contribution < 1.29 is 9.42 Å². The molecule has 0 atom stereocenters. The number of nitrogens with two attached hydrogens (primary N) is 1. The molecular weight excluding hydrogens is 274 g/mol. The number of fused-ring (bicyclic) bond motifs is 1. The molecule has 3 aromatic rings. The molecule has 0 aliphatic rings. The summed E-state index contributed by atoms with van der Waals surface area (Å²) < 4.78 is 6.26. The van der Waals surface area contributed by atoms with Gasteiger partial charge in [-0.25, -0.2) is 14.6 Å². The molecule has 0 aliphatic carbocycles. The van der Waals surface area contributed by atoms with Crippen LogP contribution in [0.1, 0.15) is 27.6 Å². The van der Waals surface area contributed by atoms with Crippen LogP contribution >= 0.6 is 0 Å². The van der Waals surface area contributed by atoms with Gasteiger partial charge < -0.3 is 11.1 Å². The maximum atomic E-state index is 11.9. The van der Waals surface area contributed by atoms with Gasteiger partial charge in [0, 0.05) is 18.9 Å². The first-order valence-electron chi connectivity index (χ1n) is 6.28. The molecule has 0 aromatic carbocycles. The molecule has 3 aromatic heterocycles.